The Labute approximate surface area is 156 Å². The Morgan fingerprint density at radius 2 is 1.77 bits per heavy atom. The zero-order valence-electron chi connectivity index (χ0n) is 16.5. The van der Waals surface area contributed by atoms with Gasteiger partial charge in [0, 0.05) is 45.1 Å². The lowest BCUT2D eigenvalue weighted by atomic mass is 10.0. The second kappa shape index (κ2) is 8.22. The third-order valence-corrected chi connectivity index (χ3v) is 5.62. The maximum absolute atomic E-state index is 4.40. The Hall–Kier alpha value is -1.86. The smallest absolute Gasteiger partial charge is 0.168 e. The van der Waals surface area contributed by atoms with Crippen molar-refractivity contribution in [2.24, 2.45) is 0 Å². The summed E-state index contributed by atoms with van der Waals surface area (Å²) < 4.78 is 2.03. The van der Waals surface area contributed by atoms with E-state index >= 15 is 0 Å². The standard InChI is InChI=1S/C19H31N7/c1-5-17(18-21-22-23-26(18)19(3,4)6-2)25-13-11-24(12-14-25)15-16-7-9-20-10-8-16/h7-10,17H,5-6,11-15H2,1-4H3. The molecule has 2 aromatic rings. The van der Waals surface area contributed by atoms with Crippen molar-refractivity contribution in [2.45, 2.75) is 58.7 Å². The fourth-order valence-electron chi connectivity index (χ4n) is 3.57. The first kappa shape index (κ1) is 18.9. The van der Waals surface area contributed by atoms with Crippen LogP contribution in [0, 0.1) is 0 Å². The molecule has 0 spiro atoms. The van der Waals surface area contributed by atoms with Crippen LogP contribution in [0.1, 0.15) is 58.0 Å². The number of piperazine rings is 1. The lowest BCUT2D eigenvalue weighted by Gasteiger charge is -2.39. The van der Waals surface area contributed by atoms with Crippen LogP contribution in [0.4, 0.5) is 0 Å². The first-order valence-electron chi connectivity index (χ1n) is 9.69. The summed E-state index contributed by atoms with van der Waals surface area (Å²) >= 11 is 0. The fourth-order valence-corrected chi connectivity index (χ4v) is 3.57. The average Bonchev–Trinajstić information content (AvgIpc) is 3.15. The predicted molar refractivity (Wildman–Crippen MR) is 102 cm³/mol. The Balaban J connectivity index is 1.65. The molecule has 1 unspecified atom stereocenters. The molecular weight excluding hydrogens is 326 g/mol. The maximum Gasteiger partial charge on any atom is 0.168 e. The molecule has 3 rings (SSSR count). The highest BCUT2D eigenvalue weighted by molar-refractivity contribution is 5.09. The molecule has 3 heterocycles. The molecule has 1 fully saturated rings. The fraction of sp³-hybridized carbons (Fsp3) is 0.684. The number of hydrogen-bond acceptors (Lipinski definition) is 6. The third-order valence-electron chi connectivity index (χ3n) is 5.62. The van der Waals surface area contributed by atoms with Crippen molar-refractivity contribution in [3.63, 3.8) is 0 Å². The molecule has 7 nitrogen and oxygen atoms in total. The molecule has 7 heteroatoms. The Morgan fingerprint density at radius 3 is 2.38 bits per heavy atom. The van der Waals surface area contributed by atoms with E-state index in [1.54, 1.807) is 0 Å². The van der Waals surface area contributed by atoms with Crippen molar-refractivity contribution in [3.8, 4) is 0 Å². The molecule has 0 bridgehead atoms. The highest BCUT2D eigenvalue weighted by Gasteiger charge is 2.31. The Bertz CT molecular complexity index is 674. The third kappa shape index (κ3) is 4.10. The summed E-state index contributed by atoms with van der Waals surface area (Å²) in [7, 11) is 0. The molecule has 0 N–H and O–H groups in total. The highest BCUT2D eigenvalue weighted by atomic mass is 15.6. The molecule has 1 atom stereocenters. The molecule has 26 heavy (non-hydrogen) atoms. The lowest BCUT2D eigenvalue weighted by Crippen LogP contribution is -2.48. The van der Waals surface area contributed by atoms with Gasteiger partial charge in [0.1, 0.15) is 0 Å². The van der Waals surface area contributed by atoms with Crippen LogP contribution in [0.2, 0.25) is 0 Å². The van der Waals surface area contributed by atoms with Gasteiger partial charge in [-0.15, -0.1) is 5.10 Å². The predicted octanol–water partition coefficient (Wildman–Crippen LogP) is 2.48. The molecular formula is C19H31N7. The van der Waals surface area contributed by atoms with E-state index in [0.717, 1.165) is 51.4 Å². The molecule has 1 aliphatic rings. The van der Waals surface area contributed by atoms with Gasteiger partial charge in [0.25, 0.3) is 0 Å². The van der Waals surface area contributed by atoms with E-state index in [4.69, 9.17) is 0 Å². The summed E-state index contributed by atoms with van der Waals surface area (Å²) in [6.07, 6.45) is 5.76. The molecule has 0 aliphatic carbocycles. The van der Waals surface area contributed by atoms with Crippen LogP contribution in [-0.4, -0.2) is 61.2 Å². The molecule has 0 aromatic carbocycles. The van der Waals surface area contributed by atoms with E-state index in [0.29, 0.717) is 0 Å². The first-order valence-corrected chi connectivity index (χ1v) is 9.69. The molecule has 142 valence electrons. The maximum atomic E-state index is 4.40. The van der Waals surface area contributed by atoms with Crippen molar-refractivity contribution in [2.75, 3.05) is 26.2 Å². The number of hydrogen-bond donors (Lipinski definition) is 0. The topological polar surface area (TPSA) is 63.0 Å². The van der Waals surface area contributed by atoms with Crippen LogP contribution >= 0.6 is 0 Å². The van der Waals surface area contributed by atoms with Gasteiger partial charge in [-0.25, -0.2) is 4.68 Å². The van der Waals surface area contributed by atoms with Crippen LogP contribution in [0.25, 0.3) is 0 Å². The monoisotopic (exact) mass is 357 g/mol. The van der Waals surface area contributed by atoms with Crippen molar-refractivity contribution in [1.29, 1.82) is 0 Å². The minimum absolute atomic E-state index is 0.0601. The normalized spacial score (nSPS) is 18.2. The number of pyridine rings is 1. The number of rotatable bonds is 7. The molecule has 1 aliphatic heterocycles. The van der Waals surface area contributed by atoms with Crippen LogP contribution in [0.3, 0.4) is 0 Å². The SMILES string of the molecule is CCC(c1nnnn1C(C)(C)CC)N1CCN(Cc2ccncc2)CC1. The second-order valence-electron chi connectivity index (χ2n) is 7.71. The summed E-state index contributed by atoms with van der Waals surface area (Å²) in [5.41, 5.74) is 1.27. The summed E-state index contributed by atoms with van der Waals surface area (Å²) in [6, 6.07) is 4.48. The van der Waals surface area contributed by atoms with Gasteiger partial charge in [-0.1, -0.05) is 13.8 Å². The van der Waals surface area contributed by atoms with Gasteiger partial charge in [0.05, 0.1) is 11.6 Å². The van der Waals surface area contributed by atoms with Crippen LogP contribution in [-0.2, 0) is 12.1 Å². The highest BCUT2D eigenvalue weighted by Crippen LogP contribution is 2.28. The minimum atomic E-state index is -0.0601. The first-order chi connectivity index (χ1) is 12.5. The number of nitrogens with zero attached hydrogens (tertiary/aromatic N) is 7. The largest absolute Gasteiger partial charge is 0.297 e. The minimum Gasteiger partial charge on any atom is -0.297 e. The van der Waals surface area contributed by atoms with E-state index < -0.39 is 0 Å². The summed E-state index contributed by atoms with van der Waals surface area (Å²) in [5, 5.41) is 12.7. The van der Waals surface area contributed by atoms with Gasteiger partial charge >= 0.3 is 0 Å². The van der Waals surface area contributed by atoms with E-state index in [1.165, 1.54) is 5.56 Å². The molecule has 0 radical (unpaired) electrons. The van der Waals surface area contributed by atoms with Gasteiger partial charge < -0.3 is 0 Å². The van der Waals surface area contributed by atoms with Gasteiger partial charge in [-0.2, -0.15) is 0 Å². The molecule has 2 aromatic heterocycles. The zero-order valence-corrected chi connectivity index (χ0v) is 16.5. The van der Waals surface area contributed by atoms with Gasteiger partial charge in [-0.3, -0.25) is 14.8 Å². The van der Waals surface area contributed by atoms with E-state index in [9.17, 15) is 0 Å². The number of tetrazole rings is 1. The summed E-state index contributed by atoms with van der Waals surface area (Å²) in [6.45, 7) is 14.0. The molecule has 1 saturated heterocycles. The molecule has 0 saturated carbocycles. The van der Waals surface area contributed by atoms with Crippen molar-refractivity contribution >= 4 is 0 Å². The zero-order chi connectivity index (χ0) is 18.6. The van der Waals surface area contributed by atoms with Gasteiger partial charge in [0.15, 0.2) is 5.82 Å². The van der Waals surface area contributed by atoms with Gasteiger partial charge in [-0.05, 0) is 54.8 Å². The van der Waals surface area contributed by atoms with Crippen LogP contribution in [0.15, 0.2) is 24.5 Å². The van der Waals surface area contributed by atoms with Crippen molar-refractivity contribution < 1.29 is 0 Å². The van der Waals surface area contributed by atoms with E-state index in [1.807, 2.05) is 17.1 Å². The number of aromatic nitrogens is 5. The lowest BCUT2D eigenvalue weighted by molar-refractivity contribution is 0.0812. The Kier molecular flexibility index (Phi) is 5.98. The quantitative estimate of drug-likeness (QED) is 0.759. The average molecular weight is 358 g/mol. The van der Waals surface area contributed by atoms with Crippen molar-refractivity contribution in [3.05, 3.63) is 35.9 Å². The van der Waals surface area contributed by atoms with Crippen molar-refractivity contribution in [1.82, 2.24) is 35.0 Å². The Morgan fingerprint density at radius 1 is 1.08 bits per heavy atom. The summed E-state index contributed by atoms with van der Waals surface area (Å²) in [5.74, 6) is 1.00. The van der Waals surface area contributed by atoms with Gasteiger partial charge in [0.2, 0.25) is 0 Å². The summed E-state index contributed by atoms with van der Waals surface area (Å²) in [4.78, 5) is 9.15. The van der Waals surface area contributed by atoms with Crippen LogP contribution in [0.5, 0.6) is 0 Å². The van der Waals surface area contributed by atoms with E-state index in [-0.39, 0.29) is 11.6 Å². The molecule has 0 amide bonds. The van der Waals surface area contributed by atoms with E-state index in [2.05, 4.69) is 70.1 Å². The van der Waals surface area contributed by atoms with Crippen LogP contribution < -0.4 is 0 Å². The second-order valence-corrected chi connectivity index (χ2v) is 7.71.